The molecule has 0 heterocycles. The van der Waals surface area contributed by atoms with Gasteiger partial charge in [-0.25, -0.2) is 0 Å². The first-order valence-electron chi connectivity index (χ1n) is 6.57. The third-order valence-corrected chi connectivity index (χ3v) is 2.59. The van der Waals surface area contributed by atoms with Crippen LogP contribution in [0.15, 0.2) is 24.3 Å². The molecule has 0 fully saturated rings. The molecule has 6 heteroatoms. The predicted molar refractivity (Wildman–Crippen MR) is 77.5 cm³/mol. The zero-order valence-corrected chi connectivity index (χ0v) is 11.6. The van der Waals surface area contributed by atoms with E-state index in [1.807, 2.05) is 7.05 Å². The highest BCUT2D eigenvalue weighted by Gasteiger charge is 2.02. The Balaban J connectivity index is 2.34. The molecule has 1 aromatic rings. The van der Waals surface area contributed by atoms with E-state index in [0.717, 1.165) is 18.7 Å². The van der Waals surface area contributed by atoms with Crippen molar-refractivity contribution >= 4 is 17.5 Å². The average molecular weight is 279 g/mol. The molecule has 0 spiro atoms. The summed E-state index contributed by atoms with van der Waals surface area (Å²) in [7, 11) is 1.86. The SMILES string of the molecule is CNCCCC(=O)Nc1ccc(OCCC(N)=O)cc1. The number of carbonyl (C=O) groups is 2. The quantitative estimate of drug-likeness (QED) is 0.585. The topological polar surface area (TPSA) is 93.4 Å². The number of carbonyl (C=O) groups excluding carboxylic acids is 2. The minimum absolute atomic E-state index is 0.0114. The van der Waals surface area contributed by atoms with E-state index in [0.29, 0.717) is 12.2 Å². The van der Waals surface area contributed by atoms with Gasteiger partial charge >= 0.3 is 0 Å². The van der Waals surface area contributed by atoms with Gasteiger partial charge < -0.3 is 21.1 Å². The summed E-state index contributed by atoms with van der Waals surface area (Å²) in [6.45, 7) is 1.07. The van der Waals surface area contributed by atoms with E-state index in [4.69, 9.17) is 10.5 Å². The molecule has 0 atom stereocenters. The summed E-state index contributed by atoms with van der Waals surface area (Å²) in [6, 6.07) is 7.00. The number of anilines is 1. The Morgan fingerprint density at radius 1 is 1.20 bits per heavy atom. The van der Waals surface area contributed by atoms with Gasteiger partial charge in [0.1, 0.15) is 5.75 Å². The summed E-state index contributed by atoms with van der Waals surface area (Å²) in [5.74, 6) is 0.234. The van der Waals surface area contributed by atoms with Crippen LogP contribution in [0.1, 0.15) is 19.3 Å². The molecule has 0 aliphatic heterocycles. The molecule has 20 heavy (non-hydrogen) atoms. The summed E-state index contributed by atoms with van der Waals surface area (Å²) in [5.41, 5.74) is 5.74. The highest BCUT2D eigenvalue weighted by molar-refractivity contribution is 5.90. The number of hydrogen-bond donors (Lipinski definition) is 3. The van der Waals surface area contributed by atoms with E-state index < -0.39 is 5.91 Å². The van der Waals surface area contributed by atoms with Crippen molar-refractivity contribution in [3.8, 4) is 5.75 Å². The third kappa shape index (κ3) is 6.75. The maximum absolute atomic E-state index is 11.6. The van der Waals surface area contributed by atoms with Gasteiger partial charge in [-0.15, -0.1) is 0 Å². The molecular formula is C14H21N3O3. The van der Waals surface area contributed by atoms with Crippen molar-refractivity contribution in [3.05, 3.63) is 24.3 Å². The molecule has 0 aromatic heterocycles. The highest BCUT2D eigenvalue weighted by Crippen LogP contribution is 2.16. The van der Waals surface area contributed by atoms with E-state index in [1.165, 1.54) is 0 Å². The standard InChI is InChI=1S/C14H21N3O3/c1-16-9-2-3-14(19)17-11-4-6-12(7-5-11)20-10-8-13(15)18/h4-7,16H,2-3,8-10H2,1H3,(H2,15,18)(H,17,19). The molecule has 0 aliphatic rings. The van der Waals surface area contributed by atoms with Gasteiger partial charge in [-0.2, -0.15) is 0 Å². The predicted octanol–water partition coefficient (Wildman–Crippen LogP) is 0.879. The van der Waals surface area contributed by atoms with Crippen molar-refractivity contribution < 1.29 is 14.3 Å². The Bertz CT molecular complexity index is 432. The second-order valence-corrected chi connectivity index (χ2v) is 4.34. The number of amides is 2. The minimum Gasteiger partial charge on any atom is -0.493 e. The van der Waals surface area contributed by atoms with Gasteiger partial charge in [0.2, 0.25) is 11.8 Å². The van der Waals surface area contributed by atoms with E-state index >= 15 is 0 Å². The van der Waals surface area contributed by atoms with Gasteiger partial charge in [0.15, 0.2) is 0 Å². The van der Waals surface area contributed by atoms with Crippen molar-refractivity contribution in [1.29, 1.82) is 0 Å². The van der Waals surface area contributed by atoms with Gasteiger partial charge in [0, 0.05) is 12.1 Å². The highest BCUT2D eigenvalue weighted by atomic mass is 16.5. The van der Waals surface area contributed by atoms with Crippen LogP contribution in [0.4, 0.5) is 5.69 Å². The number of primary amides is 1. The van der Waals surface area contributed by atoms with E-state index in [1.54, 1.807) is 24.3 Å². The second kappa shape index (κ2) is 8.92. The Labute approximate surface area is 118 Å². The lowest BCUT2D eigenvalue weighted by Gasteiger charge is -2.07. The summed E-state index contributed by atoms with van der Waals surface area (Å²) in [4.78, 5) is 22.2. The molecule has 1 aromatic carbocycles. The molecule has 110 valence electrons. The second-order valence-electron chi connectivity index (χ2n) is 4.34. The van der Waals surface area contributed by atoms with Crippen LogP contribution in [0, 0.1) is 0 Å². The number of ether oxygens (including phenoxy) is 1. The lowest BCUT2D eigenvalue weighted by molar-refractivity contribution is -0.118. The molecule has 0 aliphatic carbocycles. The fraction of sp³-hybridized carbons (Fsp3) is 0.429. The lowest BCUT2D eigenvalue weighted by atomic mass is 10.2. The zero-order valence-electron chi connectivity index (χ0n) is 11.6. The monoisotopic (exact) mass is 279 g/mol. The van der Waals surface area contributed by atoms with Gasteiger partial charge in [-0.3, -0.25) is 9.59 Å². The molecule has 6 nitrogen and oxygen atoms in total. The number of nitrogens with two attached hydrogens (primary N) is 1. The molecule has 2 amide bonds. The van der Waals surface area contributed by atoms with Crippen molar-refractivity contribution in [2.75, 3.05) is 25.5 Å². The van der Waals surface area contributed by atoms with Gasteiger partial charge in [-0.05, 0) is 44.3 Å². The molecule has 4 N–H and O–H groups in total. The van der Waals surface area contributed by atoms with Gasteiger partial charge in [0.05, 0.1) is 13.0 Å². The van der Waals surface area contributed by atoms with Gasteiger partial charge in [-0.1, -0.05) is 0 Å². The molecule has 0 saturated carbocycles. The van der Waals surface area contributed by atoms with Crippen LogP contribution in [0.2, 0.25) is 0 Å². The molecule has 0 radical (unpaired) electrons. The maximum atomic E-state index is 11.6. The van der Waals surface area contributed by atoms with Crippen LogP contribution in [0.3, 0.4) is 0 Å². The number of nitrogens with one attached hydrogen (secondary N) is 2. The van der Waals surface area contributed by atoms with Crippen LogP contribution in [-0.4, -0.2) is 32.0 Å². The summed E-state index contributed by atoms with van der Waals surface area (Å²) in [6.07, 6.45) is 1.47. The first kappa shape index (κ1) is 16.0. The number of rotatable bonds is 9. The zero-order chi connectivity index (χ0) is 14.8. The van der Waals surface area contributed by atoms with Gasteiger partial charge in [0.25, 0.3) is 0 Å². The minimum atomic E-state index is -0.393. The van der Waals surface area contributed by atoms with Crippen LogP contribution >= 0.6 is 0 Å². The first-order valence-corrected chi connectivity index (χ1v) is 6.57. The van der Waals surface area contributed by atoms with Crippen LogP contribution < -0.4 is 21.1 Å². The summed E-state index contributed by atoms with van der Waals surface area (Å²) >= 11 is 0. The van der Waals surface area contributed by atoms with Crippen LogP contribution in [0.25, 0.3) is 0 Å². The molecule has 1 rings (SSSR count). The molecular weight excluding hydrogens is 258 g/mol. The Morgan fingerprint density at radius 3 is 2.50 bits per heavy atom. The average Bonchev–Trinajstić information content (AvgIpc) is 2.41. The Kier molecular flexibility index (Phi) is 7.13. The number of benzene rings is 1. The maximum Gasteiger partial charge on any atom is 0.224 e. The summed E-state index contributed by atoms with van der Waals surface area (Å²) < 4.78 is 5.33. The Morgan fingerprint density at radius 2 is 1.90 bits per heavy atom. The van der Waals surface area contributed by atoms with E-state index in [2.05, 4.69) is 10.6 Å². The largest absolute Gasteiger partial charge is 0.493 e. The summed E-state index contributed by atoms with van der Waals surface area (Å²) in [5, 5.41) is 5.80. The fourth-order valence-corrected chi connectivity index (χ4v) is 1.55. The number of hydrogen-bond acceptors (Lipinski definition) is 4. The molecule has 0 unspecified atom stereocenters. The van der Waals surface area contributed by atoms with E-state index in [-0.39, 0.29) is 18.9 Å². The van der Waals surface area contributed by atoms with Crippen LogP contribution in [-0.2, 0) is 9.59 Å². The van der Waals surface area contributed by atoms with Crippen LogP contribution in [0.5, 0.6) is 5.75 Å². The van der Waals surface area contributed by atoms with Crippen molar-refractivity contribution in [2.45, 2.75) is 19.3 Å². The van der Waals surface area contributed by atoms with Crippen molar-refractivity contribution in [3.63, 3.8) is 0 Å². The van der Waals surface area contributed by atoms with Crippen molar-refractivity contribution in [2.24, 2.45) is 5.73 Å². The first-order chi connectivity index (χ1) is 9.61. The Hall–Kier alpha value is -2.08. The normalized spacial score (nSPS) is 10.1. The molecule has 0 saturated heterocycles. The fourth-order valence-electron chi connectivity index (χ4n) is 1.55. The third-order valence-electron chi connectivity index (χ3n) is 2.59. The molecule has 0 bridgehead atoms. The smallest absolute Gasteiger partial charge is 0.224 e. The lowest BCUT2D eigenvalue weighted by Crippen LogP contribution is -2.15. The van der Waals surface area contributed by atoms with Crippen molar-refractivity contribution in [1.82, 2.24) is 5.32 Å². The van der Waals surface area contributed by atoms with E-state index in [9.17, 15) is 9.59 Å².